The second kappa shape index (κ2) is 24.3. The average molecular weight is 883 g/mol. The Bertz CT molecular complexity index is 2250. The van der Waals surface area contributed by atoms with E-state index in [2.05, 4.69) is 21.3 Å². The number of carbonyl (C=O) groups is 6. The van der Waals surface area contributed by atoms with Crippen LogP contribution < -0.4 is 21.3 Å². The summed E-state index contributed by atoms with van der Waals surface area (Å²) in [6.07, 6.45) is -0.971. The Morgan fingerprint density at radius 1 is 0.578 bits per heavy atom. The molecule has 0 radical (unpaired) electrons. The Balaban J connectivity index is 0.000000340. The Labute approximate surface area is 374 Å². The first-order valence-electron chi connectivity index (χ1n) is 20.2. The van der Waals surface area contributed by atoms with Crippen LogP contribution in [0.5, 0.6) is 0 Å². The maximum absolute atomic E-state index is 12.2. The topological polar surface area (TPSA) is 206 Å². The van der Waals surface area contributed by atoms with Gasteiger partial charge >= 0.3 is 36.3 Å². The van der Waals surface area contributed by atoms with Gasteiger partial charge in [0, 0.05) is 17.8 Å². The van der Waals surface area contributed by atoms with Crippen molar-refractivity contribution in [3.63, 3.8) is 0 Å². The van der Waals surface area contributed by atoms with Gasteiger partial charge in [-0.15, -0.1) is 0 Å². The first-order chi connectivity index (χ1) is 30.1. The van der Waals surface area contributed by atoms with E-state index < -0.39 is 53.6 Å². The third kappa shape index (κ3) is 19.1. The number of aryl methyl sites for hydroxylation is 2. The van der Waals surface area contributed by atoms with Crippen LogP contribution in [0.25, 0.3) is 6.08 Å². The number of carbonyl (C=O) groups excluding carboxylic acids is 6. The molecular formula is C48H58N4O12. The van der Waals surface area contributed by atoms with Crippen LogP contribution >= 0.6 is 0 Å². The summed E-state index contributed by atoms with van der Waals surface area (Å²) in [6.45, 7) is 14.5. The van der Waals surface area contributed by atoms with Gasteiger partial charge in [0.1, 0.15) is 36.2 Å². The number of nitrogens with one attached hydrogen (secondary N) is 4. The fourth-order valence-electron chi connectivity index (χ4n) is 5.51. The number of amides is 4. The number of hydrogen-bond donors (Lipinski definition) is 4. The summed E-state index contributed by atoms with van der Waals surface area (Å²) in [4.78, 5) is 72.6. The smallest absolute Gasteiger partial charge is 0.412 e. The Morgan fingerprint density at radius 3 is 1.52 bits per heavy atom. The molecule has 0 aliphatic heterocycles. The number of hydrogen-bond acceptors (Lipinski definition) is 12. The Kier molecular flexibility index (Phi) is 19.4. The van der Waals surface area contributed by atoms with Gasteiger partial charge in [-0.1, -0.05) is 78.9 Å². The quantitative estimate of drug-likeness (QED) is 0.0564. The predicted molar refractivity (Wildman–Crippen MR) is 241 cm³/mol. The van der Waals surface area contributed by atoms with Crippen molar-refractivity contribution in [3.8, 4) is 0 Å². The van der Waals surface area contributed by atoms with E-state index in [0.717, 1.165) is 27.8 Å². The van der Waals surface area contributed by atoms with Gasteiger partial charge in [-0.3, -0.25) is 16.0 Å². The lowest BCUT2D eigenvalue weighted by atomic mass is 10.0. The molecule has 0 bridgehead atoms. The van der Waals surface area contributed by atoms with Crippen LogP contribution in [0.15, 0.2) is 103 Å². The predicted octanol–water partition coefficient (Wildman–Crippen LogP) is 9.13. The van der Waals surface area contributed by atoms with E-state index in [9.17, 15) is 28.8 Å². The average Bonchev–Trinajstić information content (AvgIpc) is 3.22. The van der Waals surface area contributed by atoms with Gasteiger partial charge < -0.3 is 33.7 Å². The van der Waals surface area contributed by atoms with E-state index in [1.165, 1.54) is 20.3 Å². The molecule has 4 aromatic carbocycles. The number of benzene rings is 4. The number of anilines is 2. The molecule has 0 aliphatic rings. The van der Waals surface area contributed by atoms with E-state index in [4.69, 9.17) is 28.4 Å². The molecule has 4 N–H and O–H groups in total. The summed E-state index contributed by atoms with van der Waals surface area (Å²) in [5, 5.41) is 10.4. The fourth-order valence-corrected chi connectivity index (χ4v) is 5.51. The Morgan fingerprint density at radius 2 is 1.06 bits per heavy atom. The van der Waals surface area contributed by atoms with Crippen molar-refractivity contribution >= 4 is 53.8 Å². The normalized spacial score (nSPS) is 11.6. The minimum atomic E-state index is -0.924. The molecule has 0 saturated carbocycles. The van der Waals surface area contributed by atoms with Crippen molar-refractivity contribution in [3.05, 3.63) is 136 Å². The summed E-state index contributed by atoms with van der Waals surface area (Å²) in [7, 11) is 2.47. The van der Waals surface area contributed by atoms with Gasteiger partial charge in [-0.2, -0.15) is 0 Å². The second-order valence-electron chi connectivity index (χ2n) is 16.2. The van der Waals surface area contributed by atoms with E-state index in [0.29, 0.717) is 16.9 Å². The van der Waals surface area contributed by atoms with Crippen LogP contribution in [0.2, 0.25) is 0 Å². The monoisotopic (exact) mass is 882 g/mol. The van der Waals surface area contributed by atoms with E-state index in [1.54, 1.807) is 78.8 Å². The van der Waals surface area contributed by atoms with Crippen LogP contribution in [0, 0.1) is 13.8 Å². The third-order valence-electron chi connectivity index (χ3n) is 8.41. The SMILES string of the molecule is COC(=O)/C(=C/c1ccc(NC(=O)OC(C)(C)C)c(C)c1)NC(=O)OCc1ccccc1.COC(=O)C(Cc1ccc(NC(=O)OC(C)(C)C)c(C)c1)NC(=O)OCc1ccccc1. The molecule has 0 spiro atoms. The molecule has 0 aromatic heterocycles. The minimum Gasteiger partial charge on any atom is -0.467 e. The maximum Gasteiger partial charge on any atom is 0.412 e. The van der Waals surface area contributed by atoms with E-state index in [-0.39, 0.29) is 25.3 Å². The second-order valence-corrected chi connectivity index (χ2v) is 16.2. The lowest BCUT2D eigenvalue weighted by Crippen LogP contribution is -2.43. The highest BCUT2D eigenvalue weighted by Gasteiger charge is 2.24. The van der Waals surface area contributed by atoms with Crippen molar-refractivity contribution in [2.45, 2.75) is 92.3 Å². The van der Waals surface area contributed by atoms with Gasteiger partial charge in [-0.05, 0) is 113 Å². The van der Waals surface area contributed by atoms with Crippen LogP contribution in [-0.2, 0) is 57.6 Å². The maximum atomic E-state index is 12.2. The summed E-state index contributed by atoms with van der Waals surface area (Å²) in [5.41, 5.74) is 4.40. The zero-order valence-corrected chi connectivity index (χ0v) is 37.9. The molecule has 342 valence electrons. The molecule has 16 heteroatoms. The molecule has 64 heavy (non-hydrogen) atoms. The molecule has 16 nitrogen and oxygen atoms in total. The zero-order valence-electron chi connectivity index (χ0n) is 37.9. The third-order valence-corrected chi connectivity index (χ3v) is 8.41. The molecule has 4 amide bonds. The fraction of sp³-hybridized carbons (Fsp3) is 0.333. The number of esters is 2. The molecule has 0 aliphatic carbocycles. The number of ether oxygens (including phenoxy) is 6. The van der Waals surface area contributed by atoms with Crippen molar-refractivity contribution < 1.29 is 57.2 Å². The standard InChI is InChI=1S/C24H30N2O6.C24H28N2O6/c2*1-16-13-18(11-12-19(16)25-23(29)32-24(2,3)4)14-20(21(27)30-5)26-22(28)31-15-17-9-7-6-8-10-17/h6-13,20H,14-15H2,1-5H3,(H,25,29)(H,26,28);6-14H,15H2,1-5H3,(H,25,29)(H,26,28)/b;20-14-. The Hall–Kier alpha value is -7.36. The van der Waals surface area contributed by atoms with Crippen molar-refractivity contribution in [1.82, 2.24) is 10.6 Å². The van der Waals surface area contributed by atoms with Crippen LogP contribution in [0.4, 0.5) is 30.6 Å². The lowest BCUT2D eigenvalue weighted by molar-refractivity contribution is -0.143. The largest absolute Gasteiger partial charge is 0.467 e. The highest BCUT2D eigenvalue weighted by atomic mass is 16.6. The summed E-state index contributed by atoms with van der Waals surface area (Å²) >= 11 is 0. The molecule has 0 fully saturated rings. The molecule has 1 unspecified atom stereocenters. The summed E-state index contributed by atoms with van der Waals surface area (Å²) in [6, 6.07) is 27.9. The molecule has 4 rings (SSSR count). The number of methoxy groups -OCH3 is 2. The summed E-state index contributed by atoms with van der Waals surface area (Å²) in [5.74, 6) is -1.31. The van der Waals surface area contributed by atoms with E-state index in [1.807, 2.05) is 73.7 Å². The lowest BCUT2D eigenvalue weighted by Gasteiger charge is -2.20. The number of rotatable bonds is 13. The van der Waals surface area contributed by atoms with Gasteiger partial charge in [-0.25, -0.2) is 28.8 Å². The summed E-state index contributed by atoms with van der Waals surface area (Å²) < 4.78 is 30.4. The highest BCUT2D eigenvalue weighted by Crippen LogP contribution is 2.21. The van der Waals surface area contributed by atoms with Gasteiger partial charge in [0.05, 0.1) is 14.2 Å². The minimum absolute atomic E-state index is 0.0608. The van der Waals surface area contributed by atoms with Gasteiger partial charge in [0.2, 0.25) is 0 Å². The van der Waals surface area contributed by atoms with Crippen molar-refractivity contribution in [2.24, 2.45) is 0 Å². The number of alkyl carbamates (subject to hydrolysis) is 2. The van der Waals surface area contributed by atoms with Crippen LogP contribution in [-0.4, -0.2) is 67.8 Å². The van der Waals surface area contributed by atoms with Crippen molar-refractivity contribution in [1.29, 1.82) is 0 Å². The highest BCUT2D eigenvalue weighted by molar-refractivity contribution is 5.97. The first-order valence-corrected chi connectivity index (χ1v) is 20.2. The molecule has 4 aromatic rings. The van der Waals surface area contributed by atoms with Gasteiger partial charge in [0.25, 0.3) is 0 Å². The molecular weight excluding hydrogens is 825 g/mol. The molecule has 0 saturated heterocycles. The first kappa shape index (κ1) is 51.0. The van der Waals surface area contributed by atoms with Crippen LogP contribution in [0.1, 0.15) is 74.9 Å². The van der Waals surface area contributed by atoms with Gasteiger partial charge in [0.15, 0.2) is 0 Å². The zero-order chi connectivity index (χ0) is 47.5. The van der Waals surface area contributed by atoms with E-state index >= 15 is 0 Å². The molecule has 0 heterocycles. The van der Waals surface area contributed by atoms with Crippen molar-refractivity contribution in [2.75, 3.05) is 24.9 Å². The molecule has 1 atom stereocenters. The van der Waals surface area contributed by atoms with Crippen LogP contribution in [0.3, 0.4) is 0 Å².